The summed E-state index contributed by atoms with van der Waals surface area (Å²) >= 11 is 0. The molecule has 0 unspecified atom stereocenters. The minimum absolute atomic E-state index is 0.0966. The van der Waals surface area contributed by atoms with Gasteiger partial charge in [-0.1, -0.05) is 6.07 Å². The summed E-state index contributed by atoms with van der Waals surface area (Å²) in [6.07, 6.45) is 0. The third-order valence-electron chi connectivity index (χ3n) is 2.83. The fourth-order valence-electron chi connectivity index (χ4n) is 1.64. The van der Waals surface area contributed by atoms with Gasteiger partial charge in [0.2, 0.25) is 0 Å². The zero-order valence-corrected chi connectivity index (χ0v) is 11.7. The van der Waals surface area contributed by atoms with Gasteiger partial charge in [0, 0.05) is 0 Å². The summed E-state index contributed by atoms with van der Waals surface area (Å²) in [5.41, 5.74) is 4.57. The molecule has 2 aromatic rings. The molecule has 4 N–H and O–H groups in total. The average molecular weight is 314 g/mol. The number of sulfonamides is 1. The van der Waals surface area contributed by atoms with Gasteiger partial charge >= 0.3 is 0 Å². The molecule has 8 heteroatoms. The number of hydrogen-bond acceptors (Lipinski definition) is 4. The summed E-state index contributed by atoms with van der Waals surface area (Å²) in [6, 6.07) is 5.29. The van der Waals surface area contributed by atoms with Gasteiger partial charge in [0.25, 0.3) is 10.0 Å². The summed E-state index contributed by atoms with van der Waals surface area (Å²) in [7, 11) is -4.24. The highest BCUT2D eigenvalue weighted by Gasteiger charge is 2.21. The number of phenolic OH excluding ortho intramolecular Hbond substituents is 1. The number of aromatic hydroxyl groups is 1. The molecule has 0 saturated heterocycles. The molecular formula is C13H12F2N2O3S. The van der Waals surface area contributed by atoms with E-state index in [1.807, 2.05) is 4.72 Å². The Morgan fingerprint density at radius 1 is 1.19 bits per heavy atom. The van der Waals surface area contributed by atoms with E-state index in [2.05, 4.69) is 0 Å². The van der Waals surface area contributed by atoms with Gasteiger partial charge in [-0.3, -0.25) is 4.72 Å². The Morgan fingerprint density at radius 2 is 1.86 bits per heavy atom. The molecule has 112 valence electrons. The van der Waals surface area contributed by atoms with E-state index in [4.69, 9.17) is 5.73 Å². The third-order valence-corrected chi connectivity index (χ3v) is 4.18. The van der Waals surface area contributed by atoms with Gasteiger partial charge in [0.05, 0.1) is 10.6 Å². The molecule has 0 aliphatic carbocycles. The fraction of sp³-hybridized carbons (Fsp3) is 0.0769. The van der Waals surface area contributed by atoms with Crippen LogP contribution in [-0.4, -0.2) is 13.5 Å². The predicted octanol–water partition coefficient (Wildman–Crippen LogP) is 2.36. The van der Waals surface area contributed by atoms with Crippen molar-refractivity contribution in [3.63, 3.8) is 0 Å². The highest BCUT2D eigenvalue weighted by Crippen LogP contribution is 2.27. The molecule has 0 spiro atoms. The van der Waals surface area contributed by atoms with E-state index in [0.717, 1.165) is 24.3 Å². The molecule has 5 nitrogen and oxygen atoms in total. The topological polar surface area (TPSA) is 92.4 Å². The number of phenols is 1. The van der Waals surface area contributed by atoms with Gasteiger partial charge in [-0.05, 0) is 36.8 Å². The van der Waals surface area contributed by atoms with Gasteiger partial charge in [-0.15, -0.1) is 0 Å². The summed E-state index contributed by atoms with van der Waals surface area (Å²) in [5.74, 6) is -2.32. The monoisotopic (exact) mass is 314 g/mol. The van der Waals surface area contributed by atoms with E-state index in [1.54, 1.807) is 0 Å². The average Bonchev–Trinajstić information content (AvgIpc) is 2.42. The van der Waals surface area contributed by atoms with E-state index in [0.29, 0.717) is 0 Å². The molecule has 0 aliphatic heterocycles. The third kappa shape index (κ3) is 2.89. The van der Waals surface area contributed by atoms with Crippen LogP contribution in [0.1, 0.15) is 5.56 Å². The van der Waals surface area contributed by atoms with Crippen LogP contribution in [0.4, 0.5) is 20.2 Å². The molecule has 0 radical (unpaired) electrons. The molecule has 0 amide bonds. The Kier molecular flexibility index (Phi) is 3.73. The molecule has 0 saturated carbocycles. The van der Waals surface area contributed by atoms with Crippen molar-refractivity contribution in [2.45, 2.75) is 11.8 Å². The second kappa shape index (κ2) is 5.21. The molecule has 0 fully saturated rings. The predicted molar refractivity (Wildman–Crippen MR) is 74.4 cm³/mol. The van der Waals surface area contributed by atoms with Crippen LogP contribution in [0.15, 0.2) is 35.2 Å². The molecule has 0 aromatic heterocycles. The van der Waals surface area contributed by atoms with Crippen LogP contribution in [0.25, 0.3) is 0 Å². The summed E-state index contributed by atoms with van der Waals surface area (Å²) in [4.78, 5) is -0.321. The molecule has 2 aromatic carbocycles. The van der Waals surface area contributed by atoms with Crippen molar-refractivity contribution in [1.29, 1.82) is 0 Å². The highest BCUT2D eigenvalue weighted by molar-refractivity contribution is 7.92. The van der Waals surface area contributed by atoms with Crippen molar-refractivity contribution in [2.24, 2.45) is 0 Å². The molecule has 21 heavy (non-hydrogen) atoms. The van der Waals surface area contributed by atoms with Crippen molar-refractivity contribution < 1.29 is 22.3 Å². The standard InChI is InChI=1S/C13H12F2N2O3S/c1-7-2-4-9(14)13(12(7)15)17-21(19,20)8-3-5-11(18)10(16)6-8/h2-6,17-18H,16H2,1H3. The van der Waals surface area contributed by atoms with Gasteiger partial charge in [-0.2, -0.15) is 0 Å². The van der Waals surface area contributed by atoms with Crippen molar-refractivity contribution in [2.75, 3.05) is 10.5 Å². The van der Waals surface area contributed by atoms with Gasteiger partial charge in [0.1, 0.15) is 17.3 Å². The lowest BCUT2D eigenvalue weighted by atomic mass is 10.2. The van der Waals surface area contributed by atoms with Crippen molar-refractivity contribution >= 4 is 21.4 Å². The Morgan fingerprint density at radius 3 is 2.48 bits per heavy atom. The molecule has 0 atom stereocenters. The maximum absolute atomic E-state index is 13.8. The Hall–Kier alpha value is -2.35. The minimum atomic E-state index is -4.24. The van der Waals surface area contributed by atoms with Crippen molar-refractivity contribution in [3.05, 3.63) is 47.5 Å². The van der Waals surface area contributed by atoms with E-state index >= 15 is 0 Å². The van der Waals surface area contributed by atoms with Crippen LogP contribution in [0.2, 0.25) is 0 Å². The molecular weight excluding hydrogens is 302 g/mol. The number of halogens is 2. The quantitative estimate of drug-likeness (QED) is 0.599. The van der Waals surface area contributed by atoms with E-state index in [-0.39, 0.29) is 21.9 Å². The maximum atomic E-state index is 13.8. The maximum Gasteiger partial charge on any atom is 0.262 e. The van der Waals surface area contributed by atoms with Crippen molar-refractivity contribution in [3.8, 4) is 5.75 Å². The van der Waals surface area contributed by atoms with Crippen LogP contribution in [0.5, 0.6) is 5.75 Å². The Bertz CT molecular complexity index is 807. The normalized spacial score (nSPS) is 11.4. The molecule has 2 rings (SSSR count). The number of benzene rings is 2. The first-order chi connectivity index (χ1) is 9.72. The lowest BCUT2D eigenvalue weighted by molar-refractivity contribution is 0.477. The van der Waals surface area contributed by atoms with E-state index in [1.165, 1.54) is 13.0 Å². The summed E-state index contributed by atoms with van der Waals surface area (Å²) in [5, 5.41) is 9.26. The summed E-state index contributed by atoms with van der Waals surface area (Å²) < 4.78 is 53.5. The second-order valence-electron chi connectivity index (χ2n) is 4.38. The first-order valence-electron chi connectivity index (χ1n) is 5.78. The number of nitrogen functional groups attached to an aromatic ring is 1. The molecule has 0 heterocycles. The number of rotatable bonds is 3. The number of hydrogen-bond donors (Lipinski definition) is 3. The van der Waals surface area contributed by atoms with Crippen LogP contribution in [0, 0.1) is 18.6 Å². The SMILES string of the molecule is Cc1ccc(F)c(NS(=O)(=O)c2ccc(O)c(N)c2)c1F. The van der Waals surface area contributed by atoms with Gasteiger partial charge in [0.15, 0.2) is 5.82 Å². The Labute approximate surface area is 120 Å². The van der Waals surface area contributed by atoms with Crippen LogP contribution >= 0.6 is 0 Å². The molecule has 0 bridgehead atoms. The minimum Gasteiger partial charge on any atom is -0.506 e. The van der Waals surface area contributed by atoms with E-state index in [9.17, 15) is 22.3 Å². The van der Waals surface area contributed by atoms with Gasteiger partial charge < -0.3 is 10.8 Å². The highest BCUT2D eigenvalue weighted by atomic mass is 32.2. The fourth-order valence-corrected chi connectivity index (χ4v) is 2.75. The van der Waals surface area contributed by atoms with Crippen LogP contribution in [-0.2, 0) is 10.0 Å². The smallest absolute Gasteiger partial charge is 0.262 e. The first-order valence-corrected chi connectivity index (χ1v) is 7.26. The number of nitrogens with two attached hydrogens (primary N) is 1. The van der Waals surface area contributed by atoms with Crippen molar-refractivity contribution in [1.82, 2.24) is 0 Å². The van der Waals surface area contributed by atoms with Crippen LogP contribution < -0.4 is 10.5 Å². The number of nitrogens with one attached hydrogen (secondary N) is 1. The second-order valence-corrected chi connectivity index (χ2v) is 6.06. The lowest BCUT2D eigenvalue weighted by Crippen LogP contribution is -2.15. The Balaban J connectivity index is 2.47. The van der Waals surface area contributed by atoms with Gasteiger partial charge in [-0.25, -0.2) is 17.2 Å². The molecule has 0 aliphatic rings. The number of aryl methyl sites for hydroxylation is 1. The lowest BCUT2D eigenvalue weighted by Gasteiger charge is -2.11. The van der Waals surface area contributed by atoms with Crippen LogP contribution in [0.3, 0.4) is 0 Å². The largest absolute Gasteiger partial charge is 0.506 e. The van der Waals surface area contributed by atoms with E-state index < -0.39 is 27.3 Å². The summed E-state index contributed by atoms with van der Waals surface area (Å²) in [6.45, 7) is 1.38. The zero-order chi connectivity index (χ0) is 15.8. The first kappa shape index (κ1) is 15.0. The number of anilines is 2. The zero-order valence-electron chi connectivity index (χ0n) is 10.9.